The van der Waals surface area contributed by atoms with Crippen molar-refractivity contribution < 1.29 is 4.79 Å². The second kappa shape index (κ2) is 7.72. The smallest absolute Gasteiger partial charge is 0.219 e. The van der Waals surface area contributed by atoms with Crippen LogP contribution >= 0.6 is 0 Å². The Balaban J connectivity index is 1.39. The Hall–Kier alpha value is -1.35. The molecule has 1 aliphatic carbocycles. The van der Waals surface area contributed by atoms with Crippen LogP contribution in [0.4, 0.5) is 0 Å². The highest BCUT2D eigenvalue weighted by atomic mass is 16.2. The Bertz CT molecular complexity index is 626. The van der Waals surface area contributed by atoms with Gasteiger partial charge in [0.1, 0.15) is 0 Å². The predicted octanol–water partition coefficient (Wildman–Crippen LogP) is 4.08. The molecule has 26 heavy (non-hydrogen) atoms. The lowest BCUT2D eigenvalue weighted by molar-refractivity contribution is -0.128. The second-order valence-corrected chi connectivity index (χ2v) is 8.90. The number of fused-ring (bicyclic) bond motifs is 1. The molecule has 3 nitrogen and oxygen atoms in total. The summed E-state index contributed by atoms with van der Waals surface area (Å²) in [6.07, 6.45) is 7.79. The van der Waals surface area contributed by atoms with Gasteiger partial charge >= 0.3 is 0 Å². The molecule has 1 aromatic carbocycles. The molecule has 3 unspecified atom stereocenters. The van der Waals surface area contributed by atoms with Gasteiger partial charge in [-0.3, -0.25) is 4.79 Å². The van der Waals surface area contributed by atoms with Gasteiger partial charge in [-0.05, 0) is 74.5 Å². The van der Waals surface area contributed by atoms with Gasteiger partial charge in [0, 0.05) is 32.6 Å². The first-order chi connectivity index (χ1) is 12.6. The van der Waals surface area contributed by atoms with Crippen LogP contribution in [-0.2, 0) is 11.2 Å². The van der Waals surface area contributed by atoms with Gasteiger partial charge in [0.25, 0.3) is 0 Å². The van der Waals surface area contributed by atoms with Crippen molar-refractivity contribution >= 4 is 5.91 Å². The Kier molecular flexibility index (Phi) is 5.35. The van der Waals surface area contributed by atoms with Crippen LogP contribution in [0, 0.1) is 11.8 Å². The Labute approximate surface area is 158 Å². The molecular formula is C23H34N2O. The highest BCUT2D eigenvalue weighted by molar-refractivity contribution is 5.73. The molecule has 1 amide bonds. The molecule has 0 N–H and O–H groups in total. The monoisotopic (exact) mass is 354 g/mol. The van der Waals surface area contributed by atoms with Crippen molar-refractivity contribution in [2.75, 3.05) is 26.2 Å². The fourth-order valence-electron chi connectivity index (χ4n) is 5.67. The number of amides is 1. The SMILES string of the molecule is CC(=O)N1CC2CCCC(c3ccc(CCN4CCC[C@@H]4C)cc3)C2C1. The Morgan fingerprint density at radius 1 is 1.08 bits per heavy atom. The van der Waals surface area contributed by atoms with Gasteiger partial charge in [-0.1, -0.05) is 30.7 Å². The molecule has 3 heteroatoms. The summed E-state index contributed by atoms with van der Waals surface area (Å²) in [5, 5.41) is 0. The highest BCUT2D eigenvalue weighted by Gasteiger charge is 2.41. The van der Waals surface area contributed by atoms with E-state index in [1.165, 1.54) is 62.7 Å². The number of hydrogen-bond donors (Lipinski definition) is 0. The zero-order valence-corrected chi connectivity index (χ0v) is 16.5. The maximum atomic E-state index is 11.8. The fraction of sp³-hybridized carbons (Fsp3) is 0.696. The topological polar surface area (TPSA) is 23.6 Å². The molecule has 0 aromatic heterocycles. The van der Waals surface area contributed by atoms with E-state index in [1.807, 2.05) is 0 Å². The number of carbonyl (C=O) groups is 1. The van der Waals surface area contributed by atoms with Crippen molar-refractivity contribution in [2.24, 2.45) is 11.8 Å². The molecule has 0 radical (unpaired) electrons. The van der Waals surface area contributed by atoms with Crippen LogP contribution in [0.1, 0.15) is 63.0 Å². The Morgan fingerprint density at radius 2 is 1.88 bits per heavy atom. The average Bonchev–Trinajstić information content (AvgIpc) is 3.26. The minimum absolute atomic E-state index is 0.254. The van der Waals surface area contributed by atoms with Gasteiger partial charge < -0.3 is 9.80 Å². The average molecular weight is 355 g/mol. The van der Waals surface area contributed by atoms with E-state index >= 15 is 0 Å². The maximum absolute atomic E-state index is 11.8. The number of carbonyl (C=O) groups excluding carboxylic acids is 1. The molecule has 4 rings (SSSR count). The molecule has 4 atom stereocenters. The van der Waals surface area contributed by atoms with Crippen molar-refractivity contribution in [2.45, 2.75) is 64.3 Å². The number of rotatable bonds is 4. The van der Waals surface area contributed by atoms with Crippen molar-refractivity contribution in [3.05, 3.63) is 35.4 Å². The third-order valence-corrected chi connectivity index (χ3v) is 7.33. The first kappa shape index (κ1) is 18.0. The molecule has 2 heterocycles. The van der Waals surface area contributed by atoms with E-state index in [1.54, 1.807) is 6.92 Å². The van der Waals surface area contributed by atoms with Gasteiger partial charge in [-0.2, -0.15) is 0 Å². The third kappa shape index (κ3) is 3.69. The quantitative estimate of drug-likeness (QED) is 0.813. The van der Waals surface area contributed by atoms with Gasteiger partial charge in [0.05, 0.1) is 0 Å². The standard InChI is InChI=1S/C23H34N2O/c1-17-5-4-13-24(17)14-12-19-8-10-20(11-9-19)22-7-3-6-21-15-25(18(2)26)16-23(21)22/h8-11,17,21-23H,3-7,12-16H2,1-2H3/t17-,21?,22?,23?/m0/s1. The molecule has 2 saturated heterocycles. The van der Waals surface area contributed by atoms with Crippen LogP contribution in [0.2, 0.25) is 0 Å². The number of hydrogen-bond acceptors (Lipinski definition) is 2. The molecule has 0 spiro atoms. The summed E-state index contributed by atoms with van der Waals surface area (Å²) in [4.78, 5) is 16.5. The van der Waals surface area contributed by atoms with E-state index in [0.717, 1.165) is 19.1 Å². The van der Waals surface area contributed by atoms with Crippen molar-refractivity contribution in [3.63, 3.8) is 0 Å². The first-order valence-electron chi connectivity index (χ1n) is 10.7. The van der Waals surface area contributed by atoms with E-state index in [9.17, 15) is 4.79 Å². The zero-order valence-electron chi connectivity index (χ0n) is 16.5. The number of nitrogens with zero attached hydrogens (tertiary/aromatic N) is 2. The summed E-state index contributed by atoms with van der Waals surface area (Å²) in [6.45, 7) is 8.52. The number of likely N-dealkylation sites (tertiary alicyclic amines) is 2. The normalized spacial score (nSPS) is 32.0. The van der Waals surface area contributed by atoms with E-state index in [4.69, 9.17) is 0 Å². The minimum Gasteiger partial charge on any atom is -0.342 e. The van der Waals surface area contributed by atoms with Crippen molar-refractivity contribution in [1.82, 2.24) is 9.80 Å². The first-order valence-corrected chi connectivity index (χ1v) is 10.7. The van der Waals surface area contributed by atoms with Gasteiger partial charge in [0.2, 0.25) is 5.91 Å². The van der Waals surface area contributed by atoms with Crippen LogP contribution in [-0.4, -0.2) is 47.9 Å². The largest absolute Gasteiger partial charge is 0.342 e. The summed E-state index contributed by atoms with van der Waals surface area (Å²) in [5.41, 5.74) is 2.97. The van der Waals surface area contributed by atoms with Crippen LogP contribution in [0.15, 0.2) is 24.3 Å². The molecule has 1 aromatic rings. The number of benzene rings is 1. The van der Waals surface area contributed by atoms with Crippen LogP contribution in [0.3, 0.4) is 0 Å². The van der Waals surface area contributed by atoms with E-state index in [2.05, 4.69) is 41.0 Å². The van der Waals surface area contributed by atoms with Gasteiger partial charge in [0.15, 0.2) is 0 Å². The predicted molar refractivity (Wildman–Crippen MR) is 106 cm³/mol. The minimum atomic E-state index is 0.254. The van der Waals surface area contributed by atoms with E-state index in [-0.39, 0.29) is 5.91 Å². The van der Waals surface area contributed by atoms with Crippen LogP contribution in [0.25, 0.3) is 0 Å². The van der Waals surface area contributed by atoms with Crippen molar-refractivity contribution in [1.29, 1.82) is 0 Å². The molecule has 3 fully saturated rings. The molecular weight excluding hydrogens is 320 g/mol. The lowest BCUT2D eigenvalue weighted by Gasteiger charge is -2.33. The van der Waals surface area contributed by atoms with E-state index in [0.29, 0.717) is 17.8 Å². The second-order valence-electron chi connectivity index (χ2n) is 8.90. The summed E-state index contributed by atoms with van der Waals surface area (Å²) in [5.74, 6) is 2.29. The molecule has 1 saturated carbocycles. The summed E-state index contributed by atoms with van der Waals surface area (Å²) in [7, 11) is 0. The summed E-state index contributed by atoms with van der Waals surface area (Å²) >= 11 is 0. The molecule has 2 aliphatic heterocycles. The van der Waals surface area contributed by atoms with E-state index < -0.39 is 0 Å². The van der Waals surface area contributed by atoms with Crippen LogP contribution in [0.5, 0.6) is 0 Å². The molecule has 142 valence electrons. The fourth-order valence-corrected chi connectivity index (χ4v) is 5.67. The third-order valence-electron chi connectivity index (χ3n) is 7.33. The Morgan fingerprint density at radius 3 is 2.58 bits per heavy atom. The van der Waals surface area contributed by atoms with Gasteiger partial charge in [-0.25, -0.2) is 0 Å². The summed E-state index contributed by atoms with van der Waals surface area (Å²) < 4.78 is 0. The molecule has 3 aliphatic rings. The van der Waals surface area contributed by atoms with Gasteiger partial charge in [-0.15, -0.1) is 0 Å². The lowest BCUT2D eigenvalue weighted by Crippen LogP contribution is -2.29. The zero-order chi connectivity index (χ0) is 18.1. The highest BCUT2D eigenvalue weighted by Crippen LogP contribution is 2.45. The van der Waals surface area contributed by atoms with Crippen molar-refractivity contribution in [3.8, 4) is 0 Å². The maximum Gasteiger partial charge on any atom is 0.219 e. The lowest BCUT2D eigenvalue weighted by atomic mass is 9.71. The van der Waals surface area contributed by atoms with Crippen LogP contribution < -0.4 is 0 Å². The molecule has 0 bridgehead atoms. The summed E-state index contributed by atoms with van der Waals surface area (Å²) in [6, 6.07) is 10.2.